The molecule has 27 heavy (non-hydrogen) atoms. The maximum Gasteiger partial charge on any atom is 0.294 e. The monoisotopic (exact) mass is 388 g/mol. The van der Waals surface area contributed by atoms with Gasteiger partial charge >= 0.3 is 0 Å². The first kappa shape index (κ1) is 18.2. The number of phenolic OH excluding ortho intramolecular Hbond substituents is 1. The number of hydrogen-bond acceptors (Lipinski definition) is 8. The highest BCUT2D eigenvalue weighted by Crippen LogP contribution is 2.40. The van der Waals surface area contributed by atoms with E-state index in [1.54, 1.807) is 0 Å². The van der Waals surface area contributed by atoms with Gasteiger partial charge in [-0.25, -0.2) is 0 Å². The van der Waals surface area contributed by atoms with Gasteiger partial charge in [-0.05, 0) is 29.7 Å². The van der Waals surface area contributed by atoms with E-state index in [2.05, 4.69) is 10.2 Å². The molecule has 0 amide bonds. The van der Waals surface area contributed by atoms with Gasteiger partial charge in [-0.15, -0.1) is 5.11 Å². The molecule has 138 valence electrons. The summed E-state index contributed by atoms with van der Waals surface area (Å²) in [6.07, 6.45) is 0. The number of nitrogen functional groups attached to an aromatic ring is 1. The molecule has 0 aromatic heterocycles. The van der Waals surface area contributed by atoms with Crippen LogP contribution in [0.1, 0.15) is 0 Å². The molecular weight excluding hydrogens is 376 g/mol. The number of non-ortho nitro benzene ring substituents is 1. The molecule has 0 heterocycles. The number of hydrogen-bond donors (Lipinski definition) is 3. The average molecular weight is 388 g/mol. The Bertz CT molecular complexity index is 1190. The Hall–Kier alpha value is -3.57. The molecule has 0 spiro atoms. The van der Waals surface area contributed by atoms with E-state index < -0.39 is 25.7 Å². The van der Waals surface area contributed by atoms with Crippen molar-refractivity contribution in [2.45, 2.75) is 4.90 Å². The van der Waals surface area contributed by atoms with Crippen LogP contribution in [-0.2, 0) is 10.1 Å². The molecule has 0 saturated heterocycles. The van der Waals surface area contributed by atoms with Crippen LogP contribution in [0.3, 0.4) is 0 Å². The summed E-state index contributed by atoms with van der Waals surface area (Å²) in [6, 6.07) is 10.2. The highest BCUT2D eigenvalue weighted by atomic mass is 32.2. The van der Waals surface area contributed by atoms with Gasteiger partial charge in [0.15, 0.2) is 0 Å². The highest BCUT2D eigenvalue weighted by molar-refractivity contribution is 7.85. The summed E-state index contributed by atoms with van der Waals surface area (Å²) >= 11 is 0. The number of nitrogens with zero attached hydrogens (tertiary/aromatic N) is 3. The Labute approximate surface area is 152 Å². The summed E-state index contributed by atoms with van der Waals surface area (Å²) < 4.78 is 31.8. The van der Waals surface area contributed by atoms with Crippen LogP contribution in [0.2, 0.25) is 0 Å². The number of nitro groups is 1. The van der Waals surface area contributed by atoms with Gasteiger partial charge in [0.2, 0.25) is 0 Å². The number of azo groups is 1. The lowest BCUT2D eigenvalue weighted by Gasteiger charge is -2.08. The lowest BCUT2D eigenvalue weighted by molar-refractivity contribution is -0.384. The van der Waals surface area contributed by atoms with Gasteiger partial charge in [-0.2, -0.15) is 13.5 Å². The minimum atomic E-state index is -4.51. The lowest BCUT2D eigenvalue weighted by atomic mass is 10.1. The molecule has 0 aliphatic carbocycles. The van der Waals surface area contributed by atoms with Gasteiger partial charge in [0.1, 0.15) is 11.4 Å². The quantitative estimate of drug-likeness (QED) is 0.201. The first-order chi connectivity index (χ1) is 12.7. The predicted octanol–water partition coefficient (Wildman–Crippen LogP) is 3.70. The summed E-state index contributed by atoms with van der Waals surface area (Å²) in [5.41, 5.74) is 6.35. The molecule has 0 bridgehead atoms. The number of nitro benzene ring substituents is 1. The zero-order valence-electron chi connectivity index (χ0n) is 13.5. The second-order valence-electron chi connectivity index (χ2n) is 5.49. The first-order valence-corrected chi connectivity index (χ1v) is 8.80. The van der Waals surface area contributed by atoms with Crippen LogP contribution in [0.4, 0.5) is 22.7 Å². The summed E-state index contributed by atoms with van der Waals surface area (Å²) in [4.78, 5) is 9.64. The minimum Gasteiger partial charge on any atom is -0.507 e. The van der Waals surface area contributed by atoms with Crippen LogP contribution >= 0.6 is 0 Å². The zero-order chi connectivity index (χ0) is 19.8. The standard InChI is InChI=1S/C16H12N4O6S/c17-13-6-1-9-7-12(27(24,25)26)8-14(21)15(9)16(13)19-18-10-2-4-11(5-3-10)20(22)23/h1-8,21H,17H2,(H,24,25,26). The second-order valence-corrected chi connectivity index (χ2v) is 6.91. The van der Waals surface area contributed by atoms with E-state index in [0.29, 0.717) is 5.69 Å². The third kappa shape index (κ3) is 3.68. The second kappa shape index (κ2) is 6.63. The molecule has 0 unspecified atom stereocenters. The number of nitrogens with two attached hydrogens (primary N) is 1. The van der Waals surface area contributed by atoms with E-state index >= 15 is 0 Å². The van der Waals surface area contributed by atoms with E-state index in [1.807, 2.05) is 0 Å². The third-order valence-electron chi connectivity index (χ3n) is 3.70. The molecule has 10 nitrogen and oxygen atoms in total. The summed E-state index contributed by atoms with van der Waals surface area (Å²) in [7, 11) is -4.51. The van der Waals surface area contributed by atoms with Crippen LogP contribution in [-0.4, -0.2) is 23.0 Å². The van der Waals surface area contributed by atoms with Gasteiger partial charge < -0.3 is 10.8 Å². The maximum atomic E-state index is 11.3. The first-order valence-electron chi connectivity index (χ1n) is 7.36. The van der Waals surface area contributed by atoms with Crippen molar-refractivity contribution < 1.29 is 23.0 Å². The molecule has 0 radical (unpaired) electrons. The molecule has 3 aromatic carbocycles. The maximum absolute atomic E-state index is 11.3. The van der Waals surface area contributed by atoms with Crippen molar-refractivity contribution in [2.75, 3.05) is 5.73 Å². The smallest absolute Gasteiger partial charge is 0.294 e. The van der Waals surface area contributed by atoms with Crippen LogP contribution in [0, 0.1) is 10.1 Å². The van der Waals surface area contributed by atoms with Gasteiger partial charge in [0.05, 0.1) is 26.6 Å². The summed E-state index contributed by atoms with van der Waals surface area (Å²) in [5.74, 6) is -0.454. The number of rotatable bonds is 4. The van der Waals surface area contributed by atoms with Crippen molar-refractivity contribution in [3.63, 3.8) is 0 Å². The zero-order valence-corrected chi connectivity index (χ0v) is 14.3. The number of anilines is 1. The van der Waals surface area contributed by atoms with Crippen LogP contribution in [0.15, 0.2) is 63.7 Å². The average Bonchev–Trinajstić information content (AvgIpc) is 2.60. The third-order valence-corrected chi connectivity index (χ3v) is 4.53. The molecule has 0 aliphatic rings. The molecule has 0 saturated carbocycles. The molecule has 0 fully saturated rings. The SMILES string of the molecule is Nc1ccc2cc(S(=O)(=O)O)cc(O)c2c1N=Nc1ccc([N+](=O)[O-])cc1. The van der Waals surface area contributed by atoms with E-state index in [0.717, 1.165) is 12.1 Å². The number of benzene rings is 3. The fraction of sp³-hybridized carbons (Fsp3) is 0. The molecule has 4 N–H and O–H groups in total. The Balaban J connectivity index is 2.10. The van der Waals surface area contributed by atoms with Crippen LogP contribution in [0.5, 0.6) is 5.75 Å². The number of fused-ring (bicyclic) bond motifs is 1. The van der Waals surface area contributed by atoms with Gasteiger partial charge in [0, 0.05) is 18.2 Å². The largest absolute Gasteiger partial charge is 0.507 e. The normalized spacial score (nSPS) is 11.9. The van der Waals surface area contributed by atoms with Gasteiger partial charge in [-0.1, -0.05) is 6.07 Å². The van der Waals surface area contributed by atoms with Crippen molar-refractivity contribution in [2.24, 2.45) is 10.2 Å². The Morgan fingerprint density at radius 3 is 2.30 bits per heavy atom. The number of phenols is 1. The predicted molar refractivity (Wildman–Crippen MR) is 97.1 cm³/mol. The lowest BCUT2D eigenvalue weighted by Crippen LogP contribution is -1.98. The molecular formula is C16H12N4O6S. The highest BCUT2D eigenvalue weighted by Gasteiger charge is 2.16. The van der Waals surface area contributed by atoms with E-state index in [9.17, 15) is 23.6 Å². The minimum absolute atomic E-state index is 0.0882. The van der Waals surface area contributed by atoms with Crippen molar-refractivity contribution >= 4 is 43.6 Å². The molecule has 11 heteroatoms. The van der Waals surface area contributed by atoms with Gasteiger partial charge in [0.25, 0.3) is 15.8 Å². The van der Waals surface area contributed by atoms with Crippen molar-refractivity contribution in [1.82, 2.24) is 0 Å². The van der Waals surface area contributed by atoms with Crippen molar-refractivity contribution in [1.29, 1.82) is 0 Å². The topological polar surface area (TPSA) is 168 Å². The number of aromatic hydroxyl groups is 1. The van der Waals surface area contributed by atoms with E-state index in [4.69, 9.17) is 10.3 Å². The van der Waals surface area contributed by atoms with Crippen LogP contribution in [0.25, 0.3) is 10.8 Å². The van der Waals surface area contributed by atoms with E-state index in [-0.39, 0.29) is 27.8 Å². The van der Waals surface area contributed by atoms with Crippen molar-refractivity contribution in [3.8, 4) is 5.75 Å². The summed E-state index contributed by atoms with van der Waals surface area (Å²) in [6.45, 7) is 0. The Kier molecular flexibility index (Phi) is 4.47. The molecule has 0 atom stereocenters. The Morgan fingerprint density at radius 2 is 1.70 bits per heavy atom. The fourth-order valence-corrected chi connectivity index (χ4v) is 2.96. The van der Waals surface area contributed by atoms with Gasteiger partial charge in [-0.3, -0.25) is 14.7 Å². The summed E-state index contributed by atoms with van der Waals surface area (Å²) in [5, 5.41) is 29.2. The van der Waals surface area contributed by atoms with E-state index in [1.165, 1.54) is 36.4 Å². The molecule has 0 aliphatic heterocycles. The molecule has 3 aromatic rings. The molecule has 3 rings (SSSR count). The Morgan fingerprint density at radius 1 is 1.04 bits per heavy atom. The van der Waals surface area contributed by atoms with Crippen LogP contribution < -0.4 is 5.73 Å². The van der Waals surface area contributed by atoms with Crippen molar-refractivity contribution in [3.05, 3.63) is 58.6 Å². The fourth-order valence-electron chi connectivity index (χ4n) is 2.42.